The summed E-state index contributed by atoms with van der Waals surface area (Å²) in [5.74, 6) is 1.92. The summed E-state index contributed by atoms with van der Waals surface area (Å²) in [6, 6.07) is 14.9. The quantitative estimate of drug-likeness (QED) is 0.652. The lowest BCUT2D eigenvalue weighted by Crippen LogP contribution is -2.12. The summed E-state index contributed by atoms with van der Waals surface area (Å²) in [5.41, 5.74) is 1.23. The predicted molar refractivity (Wildman–Crippen MR) is 99.4 cm³/mol. The molecule has 0 fully saturated rings. The van der Waals surface area contributed by atoms with E-state index >= 15 is 0 Å². The zero-order valence-electron chi connectivity index (χ0n) is 14.4. The molecule has 0 aliphatic rings. The Kier molecular flexibility index (Phi) is 5.13. The second-order valence-electron chi connectivity index (χ2n) is 5.54. The second-order valence-corrected chi connectivity index (χ2v) is 7.22. The van der Waals surface area contributed by atoms with Gasteiger partial charge in [0.15, 0.2) is 5.82 Å². The Morgan fingerprint density at radius 2 is 1.69 bits per heavy atom. The van der Waals surface area contributed by atoms with Crippen molar-refractivity contribution >= 4 is 27.2 Å². The first-order valence-corrected chi connectivity index (χ1v) is 9.51. The molecule has 8 heteroatoms. The van der Waals surface area contributed by atoms with Gasteiger partial charge in [-0.05, 0) is 62.4 Å². The van der Waals surface area contributed by atoms with E-state index in [0.717, 1.165) is 5.69 Å². The van der Waals surface area contributed by atoms with Gasteiger partial charge in [0.05, 0.1) is 11.5 Å². The van der Waals surface area contributed by atoms with Crippen molar-refractivity contribution in [2.75, 3.05) is 16.6 Å². The number of rotatable bonds is 7. The van der Waals surface area contributed by atoms with Crippen LogP contribution >= 0.6 is 0 Å². The maximum absolute atomic E-state index is 12.5. The Morgan fingerprint density at radius 1 is 1.04 bits per heavy atom. The van der Waals surface area contributed by atoms with E-state index < -0.39 is 10.0 Å². The number of nitrogens with one attached hydrogen (secondary N) is 2. The molecule has 136 valence electrons. The zero-order valence-corrected chi connectivity index (χ0v) is 15.2. The van der Waals surface area contributed by atoms with Crippen LogP contribution in [-0.4, -0.2) is 20.2 Å². The SMILES string of the molecule is CCOc1ccc(S(=O)(=O)Nc2ccc(Nc3cc(C)on3)cc2)cc1. The monoisotopic (exact) mass is 373 g/mol. The second kappa shape index (κ2) is 7.49. The summed E-state index contributed by atoms with van der Waals surface area (Å²) in [4.78, 5) is 0.168. The number of aryl methyl sites for hydroxylation is 1. The number of benzene rings is 2. The highest BCUT2D eigenvalue weighted by atomic mass is 32.2. The molecular formula is C18H19N3O4S. The van der Waals surface area contributed by atoms with E-state index in [1.54, 1.807) is 49.4 Å². The normalized spacial score (nSPS) is 11.2. The van der Waals surface area contributed by atoms with Crippen LogP contribution in [0.25, 0.3) is 0 Å². The van der Waals surface area contributed by atoms with Crippen LogP contribution in [-0.2, 0) is 10.0 Å². The number of hydrogen-bond donors (Lipinski definition) is 2. The van der Waals surface area contributed by atoms with Gasteiger partial charge in [0.2, 0.25) is 0 Å². The van der Waals surface area contributed by atoms with E-state index in [2.05, 4.69) is 15.2 Å². The molecule has 0 radical (unpaired) electrons. The minimum absolute atomic E-state index is 0.168. The van der Waals surface area contributed by atoms with Crippen molar-refractivity contribution in [3.63, 3.8) is 0 Å². The summed E-state index contributed by atoms with van der Waals surface area (Å²) in [7, 11) is -3.67. The fourth-order valence-corrected chi connectivity index (χ4v) is 3.35. The summed E-state index contributed by atoms with van der Waals surface area (Å²) in [5, 5.41) is 6.91. The van der Waals surface area contributed by atoms with Crippen molar-refractivity contribution in [1.82, 2.24) is 5.16 Å². The van der Waals surface area contributed by atoms with Crippen molar-refractivity contribution < 1.29 is 17.7 Å². The van der Waals surface area contributed by atoms with Crippen molar-refractivity contribution in [3.05, 3.63) is 60.4 Å². The van der Waals surface area contributed by atoms with Gasteiger partial charge in [0.25, 0.3) is 10.0 Å². The van der Waals surface area contributed by atoms with E-state index in [1.165, 1.54) is 12.1 Å². The molecule has 3 aromatic rings. The summed E-state index contributed by atoms with van der Waals surface area (Å²) < 4.78 is 37.8. The summed E-state index contributed by atoms with van der Waals surface area (Å²) in [6.07, 6.45) is 0. The Hall–Kier alpha value is -3.00. The Bertz CT molecular complexity index is 964. The van der Waals surface area contributed by atoms with Crippen molar-refractivity contribution in [2.24, 2.45) is 0 Å². The van der Waals surface area contributed by atoms with E-state index in [0.29, 0.717) is 29.6 Å². The highest BCUT2D eigenvalue weighted by Gasteiger charge is 2.14. The van der Waals surface area contributed by atoms with Crippen LogP contribution in [0.3, 0.4) is 0 Å². The van der Waals surface area contributed by atoms with Crippen LogP contribution in [0.5, 0.6) is 5.75 Å². The molecule has 0 saturated carbocycles. The number of aromatic nitrogens is 1. The third-order valence-corrected chi connectivity index (χ3v) is 4.88. The van der Waals surface area contributed by atoms with Gasteiger partial charge >= 0.3 is 0 Å². The fourth-order valence-electron chi connectivity index (χ4n) is 2.29. The van der Waals surface area contributed by atoms with Crippen LogP contribution < -0.4 is 14.8 Å². The first kappa shape index (κ1) is 17.8. The molecule has 2 aromatic carbocycles. The minimum atomic E-state index is -3.67. The number of hydrogen-bond acceptors (Lipinski definition) is 6. The van der Waals surface area contributed by atoms with Gasteiger partial charge < -0.3 is 14.6 Å². The van der Waals surface area contributed by atoms with Gasteiger partial charge in [0, 0.05) is 17.4 Å². The maximum atomic E-state index is 12.5. The summed E-state index contributed by atoms with van der Waals surface area (Å²) >= 11 is 0. The number of anilines is 3. The average Bonchev–Trinajstić information content (AvgIpc) is 3.02. The Balaban J connectivity index is 1.69. The van der Waals surface area contributed by atoms with Gasteiger partial charge in [-0.25, -0.2) is 8.42 Å². The van der Waals surface area contributed by atoms with Crippen LogP contribution in [0.1, 0.15) is 12.7 Å². The average molecular weight is 373 g/mol. The molecule has 0 aliphatic carbocycles. The molecule has 2 N–H and O–H groups in total. The van der Waals surface area contributed by atoms with E-state index in [9.17, 15) is 8.42 Å². The van der Waals surface area contributed by atoms with Crippen LogP contribution in [0, 0.1) is 6.92 Å². The number of ether oxygens (including phenoxy) is 1. The zero-order chi connectivity index (χ0) is 18.6. The standard InChI is InChI=1S/C18H19N3O4S/c1-3-24-16-8-10-17(11-9-16)26(22,23)21-15-6-4-14(5-7-15)19-18-12-13(2)25-20-18/h4-12,21H,3H2,1-2H3,(H,19,20). The van der Waals surface area contributed by atoms with Crippen LogP contribution in [0.2, 0.25) is 0 Å². The largest absolute Gasteiger partial charge is 0.494 e. The molecule has 1 heterocycles. The lowest BCUT2D eigenvalue weighted by molar-refractivity contribution is 0.340. The van der Waals surface area contributed by atoms with Gasteiger partial charge in [0.1, 0.15) is 11.5 Å². The van der Waals surface area contributed by atoms with Gasteiger partial charge in [-0.3, -0.25) is 4.72 Å². The lowest BCUT2D eigenvalue weighted by atomic mass is 10.3. The molecule has 7 nitrogen and oxygen atoms in total. The third kappa shape index (κ3) is 4.34. The molecule has 0 saturated heterocycles. The third-order valence-electron chi connectivity index (χ3n) is 3.48. The molecule has 0 atom stereocenters. The minimum Gasteiger partial charge on any atom is -0.494 e. The van der Waals surface area contributed by atoms with Gasteiger partial charge in [-0.15, -0.1) is 0 Å². The summed E-state index contributed by atoms with van der Waals surface area (Å²) in [6.45, 7) is 4.20. The first-order valence-electron chi connectivity index (χ1n) is 8.02. The molecular weight excluding hydrogens is 354 g/mol. The predicted octanol–water partition coefficient (Wildman–Crippen LogP) is 3.93. The smallest absolute Gasteiger partial charge is 0.261 e. The topological polar surface area (TPSA) is 93.5 Å². The molecule has 0 bridgehead atoms. The molecule has 1 aromatic heterocycles. The highest BCUT2D eigenvalue weighted by molar-refractivity contribution is 7.92. The highest BCUT2D eigenvalue weighted by Crippen LogP contribution is 2.22. The molecule has 3 rings (SSSR count). The molecule has 0 amide bonds. The van der Waals surface area contributed by atoms with Crippen LogP contribution in [0.4, 0.5) is 17.2 Å². The van der Waals surface area contributed by atoms with E-state index in [1.807, 2.05) is 6.92 Å². The van der Waals surface area contributed by atoms with E-state index in [4.69, 9.17) is 9.26 Å². The molecule has 0 aliphatic heterocycles. The number of sulfonamides is 1. The number of nitrogens with zero attached hydrogens (tertiary/aromatic N) is 1. The molecule has 0 unspecified atom stereocenters. The molecule has 26 heavy (non-hydrogen) atoms. The van der Waals surface area contributed by atoms with Crippen molar-refractivity contribution in [3.8, 4) is 5.75 Å². The van der Waals surface area contributed by atoms with Gasteiger partial charge in [-0.1, -0.05) is 5.16 Å². The van der Waals surface area contributed by atoms with E-state index in [-0.39, 0.29) is 4.90 Å². The van der Waals surface area contributed by atoms with Crippen molar-refractivity contribution in [2.45, 2.75) is 18.7 Å². The first-order chi connectivity index (χ1) is 12.5. The fraction of sp³-hybridized carbons (Fsp3) is 0.167. The maximum Gasteiger partial charge on any atom is 0.261 e. The molecule has 0 spiro atoms. The Morgan fingerprint density at radius 3 is 2.27 bits per heavy atom. The lowest BCUT2D eigenvalue weighted by Gasteiger charge is -2.10. The van der Waals surface area contributed by atoms with Crippen molar-refractivity contribution in [1.29, 1.82) is 0 Å². The van der Waals surface area contributed by atoms with Crippen LogP contribution in [0.15, 0.2) is 64.0 Å². The Labute approximate surface area is 152 Å². The van der Waals surface area contributed by atoms with Gasteiger partial charge in [-0.2, -0.15) is 0 Å².